The molecule has 0 amide bonds. The van der Waals surface area contributed by atoms with Gasteiger partial charge in [-0.3, -0.25) is 4.79 Å². The molecule has 1 fully saturated rings. The maximum atomic E-state index is 11.6. The number of rotatable bonds is 3. The summed E-state index contributed by atoms with van der Waals surface area (Å²) in [6.45, 7) is 0.778. The molecule has 1 aliphatic carbocycles. The fourth-order valence-corrected chi connectivity index (χ4v) is 2.75. The van der Waals surface area contributed by atoms with Gasteiger partial charge in [-0.15, -0.1) is 0 Å². The number of nitrogens with zero attached hydrogens (tertiary/aromatic N) is 2. The quantitative estimate of drug-likeness (QED) is 0.798. The molecule has 0 aliphatic heterocycles. The van der Waals surface area contributed by atoms with E-state index in [9.17, 15) is 4.79 Å². The molecule has 0 aromatic carbocycles. The maximum Gasteiger partial charge on any atom is 0.267 e. The maximum absolute atomic E-state index is 11.6. The zero-order valence-corrected chi connectivity index (χ0v) is 11.5. The molecular formula is C12H17IN2O. The summed E-state index contributed by atoms with van der Waals surface area (Å²) < 4.78 is 2.51. The monoisotopic (exact) mass is 332 g/mol. The van der Waals surface area contributed by atoms with E-state index in [0.717, 1.165) is 22.5 Å². The van der Waals surface area contributed by atoms with Gasteiger partial charge in [0.05, 0.1) is 6.20 Å². The smallest absolute Gasteiger partial charge is 0.267 e. The third-order valence-electron chi connectivity index (χ3n) is 3.31. The average molecular weight is 332 g/mol. The number of aromatic nitrogens is 2. The highest BCUT2D eigenvalue weighted by molar-refractivity contribution is 14.1. The van der Waals surface area contributed by atoms with Gasteiger partial charge in [0.2, 0.25) is 0 Å². The summed E-state index contributed by atoms with van der Waals surface area (Å²) in [4.78, 5) is 11.6. The second-order valence-corrected chi connectivity index (χ2v) is 5.77. The molecule has 88 valence electrons. The zero-order valence-electron chi connectivity index (χ0n) is 9.36. The van der Waals surface area contributed by atoms with E-state index < -0.39 is 0 Å². The Balaban J connectivity index is 1.91. The molecule has 0 atom stereocenters. The van der Waals surface area contributed by atoms with Gasteiger partial charge in [-0.1, -0.05) is 32.1 Å². The summed E-state index contributed by atoms with van der Waals surface area (Å²) in [6, 6.07) is 1.65. The number of hydrogen-bond donors (Lipinski definition) is 0. The molecule has 0 N–H and O–H groups in total. The van der Waals surface area contributed by atoms with Gasteiger partial charge in [0.1, 0.15) is 0 Å². The molecule has 0 spiro atoms. The van der Waals surface area contributed by atoms with Crippen LogP contribution >= 0.6 is 22.6 Å². The first-order chi connectivity index (χ1) is 7.75. The first kappa shape index (κ1) is 12.1. The Labute approximate surface area is 109 Å². The summed E-state index contributed by atoms with van der Waals surface area (Å²) in [7, 11) is 0. The highest BCUT2D eigenvalue weighted by Gasteiger charge is 2.13. The second-order valence-electron chi connectivity index (χ2n) is 4.53. The van der Waals surface area contributed by atoms with Gasteiger partial charge in [-0.25, -0.2) is 4.68 Å². The van der Waals surface area contributed by atoms with Gasteiger partial charge in [0.25, 0.3) is 5.56 Å². The van der Waals surface area contributed by atoms with Gasteiger partial charge in [0.15, 0.2) is 0 Å². The Kier molecular flexibility index (Phi) is 4.37. The normalized spacial score (nSPS) is 17.6. The van der Waals surface area contributed by atoms with Crippen LogP contribution in [0.4, 0.5) is 0 Å². The van der Waals surface area contributed by atoms with Crippen LogP contribution in [0.2, 0.25) is 0 Å². The van der Waals surface area contributed by atoms with Crippen molar-refractivity contribution in [2.45, 2.75) is 45.1 Å². The zero-order chi connectivity index (χ0) is 11.4. The first-order valence-corrected chi connectivity index (χ1v) is 7.06. The molecule has 4 heteroatoms. The first-order valence-electron chi connectivity index (χ1n) is 5.98. The lowest BCUT2D eigenvalue weighted by atomic mass is 9.87. The topological polar surface area (TPSA) is 34.9 Å². The predicted octanol–water partition coefficient (Wildman–Crippen LogP) is 2.82. The van der Waals surface area contributed by atoms with Crippen LogP contribution < -0.4 is 5.56 Å². The Morgan fingerprint density at radius 2 is 2.12 bits per heavy atom. The van der Waals surface area contributed by atoms with Crippen LogP contribution in [0.3, 0.4) is 0 Å². The molecule has 1 aliphatic rings. The van der Waals surface area contributed by atoms with Crippen molar-refractivity contribution in [3.05, 3.63) is 26.2 Å². The van der Waals surface area contributed by atoms with Crippen molar-refractivity contribution in [3.63, 3.8) is 0 Å². The standard InChI is InChI=1S/C12H17IN2O/c13-11-8-12(16)15(14-9-11)7-6-10-4-2-1-3-5-10/h8-10H,1-7H2. The lowest BCUT2D eigenvalue weighted by molar-refractivity contribution is 0.316. The third-order valence-corrected chi connectivity index (χ3v) is 3.90. The van der Waals surface area contributed by atoms with Gasteiger partial charge in [-0.05, 0) is 34.9 Å². The minimum absolute atomic E-state index is 0.0303. The van der Waals surface area contributed by atoms with Crippen molar-refractivity contribution < 1.29 is 0 Å². The van der Waals surface area contributed by atoms with Gasteiger partial charge >= 0.3 is 0 Å². The van der Waals surface area contributed by atoms with Crippen molar-refractivity contribution in [3.8, 4) is 0 Å². The molecule has 3 nitrogen and oxygen atoms in total. The number of aryl methyl sites for hydroxylation is 1. The van der Waals surface area contributed by atoms with Crippen LogP contribution in [0.1, 0.15) is 38.5 Å². The van der Waals surface area contributed by atoms with E-state index in [1.54, 1.807) is 16.9 Å². The van der Waals surface area contributed by atoms with Crippen molar-refractivity contribution >= 4 is 22.6 Å². The Hall–Kier alpha value is -0.390. The van der Waals surface area contributed by atoms with Crippen molar-refractivity contribution in [1.29, 1.82) is 0 Å². The molecule has 0 unspecified atom stereocenters. The fourth-order valence-electron chi connectivity index (χ4n) is 2.36. The molecule has 2 rings (SSSR count). The minimum Gasteiger partial charge on any atom is -0.268 e. The Bertz CT molecular complexity index is 396. The highest BCUT2D eigenvalue weighted by Crippen LogP contribution is 2.26. The summed E-state index contributed by atoms with van der Waals surface area (Å²) >= 11 is 2.12. The highest BCUT2D eigenvalue weighted by atomic mass is 127. The molecule has 16 heavy (non-hydrogen) atoms. The summed E-state index contributed by atoms with van der Waals surface area (Å²) in [5, 5.41) is 4.16. The lowest BCUT2D eigenvalue weighted by Gasteiger charge is -2.21. The lowest BCUT2D eigenvalue weighted by Crippen LogP contribution is -2.23. The van der Waals surface area contributed by atoms with Gasteiger partial charge < -0.3 is 0 Å². The van der Waals surface area contributed by atoms with Gasteiger partial charge in [-0.2, -0.15) is 5.10 Å². The molecule has 1 aromatic heterocycles. The predicted molar refractivity (Wildman–Crippen MR) is 72.4 cm³/mol. The minimum atomic E-state index is 0.0303. The van der Waals surface area contributed by atoms with E-state index in [1.807, 2.05) is 0 Å². The number of halogens is 1. The van der Waals surface area contributed by atoms with E-state index in [0.29, 0.717) is 0 Å². The fraction of sp³-hybridized carbons (Fsp3) is 0.667. The SMILES string of the molecule is O=c1cc(I)cnn1CCC1CCCCC1. The molecule has 1 aromatic rings. The van der Waals surface area contributed by atoms with E-state index in [-0.39, 0.29) is 5.56 Å². The van der Waals surface area contributed by atoms with Crippen molar-refractivity contribution in [1.82, 2.24) is 9.78 Å². The van der Waals surface area contributed by atoms with Crippen LogP contribution in [-0.2, 0) is 6.54 Å². The molecule has 1 heterocycles. The summed E-state index contributed by atoms with van der Waals surface area (Å²) in [5.41, 5.74) is 0.0303. The molecule has 0 saturated heterocycles. The van der Waals surface area contributed by atoms with Crippen LogP contribution in [0, 0.1) is 9.49 Å². The van der Waals surface area contributed by atoms with E-state index in [2.05, 4.69) is 27.7 Å². The largest absolute Gasteiger partial charge is 0.268 e. The van der Waals surface area contributed by atoms with Crippen LogP contribution in [-0.4, -0.2) is 9.78 Å². The van der Waals surface area contributed by atoms with Crippen LogP contribution in [0.15, 0.2) is 17.1 Å². The third kappa shape index (κ3) is 3.30. The molecule has 1 saturated carbocycles. The molecule has 0 radical (unpaired) electrons. The van der Waals surface area contributed by atoms with E-state index in [1.165, 1.54) is 32.1 Å². The van der Waals surface area contributed by atoms with E-state index >= 15 is 0 Å². The Morgan fingerprint density at radius 1 is 1.38 bits per heavy atom. The average Bonchev–Trinajstić information content (AvgIpc) is 2.29. The molecule has 0 bridgehead atoms. The second kappa shape index (κ2) is 5.80. The number of hydrogen-bond acceptors (Lipinski definition) is 2. The molecular weight excluding hydrogens is 315 g/mol. The Morgan fingerprint density at radius 3 is 2.81 bits per heavy atom. The van der Waals surface area contributed by atoms with Crippen molar-refractivity contribution in [2.75, 3.05) is 0 Å². The van der Waals surface area contributed by atoms with E-state index in [4.69, 9.17) is 0 Å². The van der Waals surface area contributed by atoms with Gasteiger partial charge in [0, 0.05) is 16.2 Å². The summed E-state index contributed by atoms with van der Waals surface area (Å²) in [5.74, 6) is 0.807. The summed E-state index contributed by atoms with van der Waals surface area (Å²) in [6.07, 6.45) is 9.63. The van der Waals surface area contributed by atoms with Crippen LogP contribution in [0.25, 0.3) is 0 Å². The van der Waals surface area contributed by atoms with Crippen LogP contribution in [0.5, 0.6) is 0 Å². The van der Waals surface area contributed by atoms with Crippen molar-refractivity contribution in [2.24, 2.45) is 5.92 Å².